The second-order valence-electron chi connectivity index (χ2n) is 8.26. The highest BCUT2D eigenvalue weighted by Crippen LogP contribution is 2.31. The Morgan fingerprint density at radius 3 is 2.56 bits per heavy atom. The van der Waals surface area contributed by atoms with Crippen LogP contribution in [0.1, 0.15) is 25.7 Å². The smallest absolute Gasteiger partial charge is 0.238 e. The van der Waals surface area contributed by atoms with Gasteiger partial charge < -0.3 is 16.4 Å². The number of amides is 2. The molecule has 0 bridgehead atoms. The number of carbonyl (C=O) groups is 2. The molecule has 1 aliphatic heterocycles. The number of hydrogen-bond acceptors (Lipinski definition) is 7. The minimum Gasteiger partial charge on any atom is -0.382 e. The number of nitrogen functional groups attached to an aromatic ring is 1. The van der Waals surface area contributed by atoms with Crippen LogP contribution in [0.2, 0.25) is 0 Å². The van der Waals surface area contributed by atoms with Crippen LogP contribution in [0.15, 0.2) is 46.6 Å². The fourth-order valence-electron chi connectivity index (χ4n) is 3.76. The predicted molar refractivity (Wildman–Crippen MR) is 124 cm³/mol. The summed E-state index contributed by atoms with van der Waals surface area (Å²) >= 11 is 1.38. The minimum atomic E-state index is -0.0437. The third-order valence-electron chi connectivity index (χ3n) is 5.60. The molecule has 0 spiro atoms. The number of nitrogens with one attached hydrogen (secondary N) is 2. The molecule has 2 aliphatic rings. The topological polar surface area (TPSA) is 118 Å². The summed E-state index contributed by atoms with van der Waals surface area (Å²) in [6, 6.07) is 9.35. The molecule has 166 valence electrons. The van der Waals surface area contributed by atoms with E-state index >= 15 is 0 Å². The van der Waals surface area contributed by atoms with Gasteiger partial charge in [-0.05, 0) is 80.9 Å². The van der Waals surface area contributed by atoms with Gasteiger partial charge in [0.2, 0.25) is 17.0 Å². The maximum absolute atomic E-state index is 12.3. The molecule has 2 aromatic heterocycles. The van der Waals surface area contributed by atoms with Gasteiger partial charge >= 0.3 is 0 Å². The van der Waals surface area contributed by atoms with Crippen LogP contribution in [0.25, 0.3) is 5.52 Å². The van der Waals surface area contributed by atoms with E-state index in [1.165, 1.54) is 11.8 Å². The standard InChI is InChI=1S/C22H25N7O2S/c23-20-18-11-16(24-19(30)13-28-9-1-2-10-28)12-29(18)27-22(26-20)32-17-7-5-15(6-8-17)25-21(31)14-3-4-14/h5-8,11-12,14H,1-4,9-10,13H2,(H,24,30)(H,25,31)(H2,23,26,27). The normalized spacial score (nSPS) is 16.4. The summed E-state index contributed by atoms with van der Waals surface area (Å²) in [6.07, 6.45) is 5.99. The zero-order valence-corrected chi connectivity index (χ0v) is 18.4. The maximum Gasteiger partial charge on any atom is 0.238 e. The van der Waals surface area contributed by atoms with Crippen molar-refractivity contribution < 1.29 is 9.59 Å². The van der Waals surface area contributed by atoms with Gasteiger partial charge in [-0.2, -0.15) is 0 Å². The molecule has 4 N–H and O–H groups in total. The van der Waals surface area contributed by atoms with Crippen molar-refractivity contribution in [3.8, 4) is 0 Å². The molecule has 32 heavy (non-hydrogen) atoms. The van der Waals surface area contributed by atoms with Crippen LogP contribution in [0.3, 0.4) is 0 Å². The van der Waals surface area contributed by atoms with Crippen LogP contribution in [-0.2, 0) is 9.59 Å². The van der Waals surface area contributed by atoms with E-state index in [1.807, 2.05) is 24.3 Å². The first kappa shape index (κ1) is 20.8. The number of benzene rings is 1. The second kappa shape index (κ2) is 8.79. The molecule has 1 saturated heterocycles. The molecule has 9 nitrogen and oxygen atoms in total. The fourth-order valence-corrected chi connectivity index (χ4v) is 4.51. The van der Waals surface area contributed by atoms with Crippen molar-refractivity contribution in [2.45, 2.75) is 35.7 Å². The highest BCUT2D eigenvalue weighted by Gasteiger charge is 2.29. The van der Waals surface area contributed by atoms with Gasteiger partial charge in [-0.3, -0.25) is 14.5 Å². The summed E-state index contributed by atoms with van der Waals surface area (Å²) in [6.45, 7) is 2.33. The molecule has 2 amide bonds. The van der Waals surface area contributed by atoms with Gasteiger partial charge in [0.05, 0.1) is 18.4 Å². The van der Waals surface area contributed by atoms with Crippen LogP contribution >= 0.6 is 11.8 Å². The lowest BCUT2D eigenvalue weighted by Gasteiger charge is -2.13. The van der Waals surface area contributed by atoms with E-state index in [9.17, 15) is 9.59 Å². The minimum absolute atomic E-state index is 0.0437. The lowest BCUT2D eigenvalue weighted by Crippen LogP contribution is -2.30. The number of hydrogen-bond donors (Lipinski definition) is 3. The highest BCUT2D eigenvalue weighted by molar-refractivity contribution is 7.99. The first-order valence-electron chi connectivity index (χ1n) is 10.8. The van der Waals surface area contributed by atoms with Crippen LogP contribution < -0.4 is 16.4 Å². The first-order valence-corrected chi connectivity index (χ1v) is 11.6. The van der Waals surface area contributed by atoms with E-state index in [-0.39, 0.29) is 17.7 Å². The largest absolute Gasteiger partial charge is 0.382 e. The number of carbonyl (C=O) groups excluding carboxylic acids is 2. The summed E-state index contributed by atoms with van der Waals surface area (Å²) in [5, 5.41) is 10.9. The molecule has 1 aromatic carbocycles. The van der Waals surface area contributed by atoms with Crippen LogP contribution in [0.5, 0.6) is 0 Å². The average molecular weight is 452 g/mol. The Morgan fingerprint density at radius 1 is 1.09 bits per heavy atom. The Morgan fingerprint density at radius 2 is 1.84 bits per heavy atom. The Labute approximate surface area is 189 Å². The molecule has 2 fully saturated rings. The number of nitrogens with two attached hydrogens (primary N) is 1. The second-order valence-corrected chi connectivity index (χ2v) is 9.30. The lowest BCUT2D eigenvalue weighted by molar-refractivity contribution is -0.118. The Balaban J connectivity index is 1.25. The molecule has 10 heteroatoms. The molecule has 3 aromatic rings. The fraction of sp³-hybridized carbons (Fsp3) is 0.364. The molecule has 1 aliphatic carbocycles. The van der Waals surface area contributed by atoms with Crippen molar-refractivity contribution >= 4 is 46.3 Å². The van der Waals surface area contributed by atoms with Gasteiger partial charge in [0.15, 0.2) is 5.82 Å². The molecule has 0 unspecified atom stereocenters. The van der Waals surface area contributed by atoms with Gasteiger partial charge in [-0.1, -0.05) is 0 Å². The van der Waals surface area contributed by atoms with Crippen molar-refractivity contribution in [2.24, 2.45) is 5.92 Å². The zero-order valence-electron chi connectivity index (χ0n) is 17.6. The summed E-state index contributed by atoms with van der Waals surface area (Å²) in [4.78, 5) is 31.7. The Hall–Kier alpha value is -3.11. The molecular weight excluding hydrogens is 426 g/mol. The molecule has 0 atom stereocenters. The van der Waals surface area contributed by atoms with Crippen LogP contribution in [0.4, 0.5) is 17.2 Å². The molecular formula is C22H25N7O2S. The maximum atomic E-state index is 12.3. The Bertz CT molecular complexity index is 1150. The highest BCUT2D eigenvalue weighted by atomic mass is 32.2. The molecule has 3 heterocycles. The average Bonchev–Trinajstić information content (AvgIpc) is 3.35. The van der Waals surface area contributed by atoms with Crippen LogP contribution in [-0.4, -0.2) is 50.9 Å². The van der Waals surface area contributed by atoms with E-state index in [4.69, 9.17) is 5.73 Å². The van der Waals surface area contributed by atoms with Crippen molar-refractivity contribution in [1.29, 1.82) is 0 Å². The number of rotatable bonds is 7. The van der Waals surface area contributed by atoms with E-state index in [2.05, 4.69) is 25.6 Å². The summed E-state index contributed by atoms with van der Waals surface area (Å²) < 4.78 is 1.64. The zero-order chi connectivity index (χ0) is 22.1. The number of aromatic nitrogens is 3. The van der Waals surface area contributed by atoms with Crippen LogP contribution in [0, 0.1) is 5.92 Å². The molecule has 1 saturated carbocycles. The number of likely N-dealkylation sites (tertiary alicyclic amines) is 1. The van der Waals surface area contributed by atoms with Gasteiger partial charge in [0.25, 0.3) is 0 Å². The predicted octanol–water partition coefficient (Wildman–Crippen LogP) is 2.85. The van der Waals surface area contributed by atoms with Gasteiger partial charge in [-0.15, -0.1) is 5.10 Å². The summed E-state index contributed by atoms with van der Waals surface area (Å²) in [7, 11) is 0. The molecule has 0 radical (unpaired) electrons. The van der Waals surface area contributed by atoms with Gasteiger partial charge in [0.1, 0.15) is 5.52 Å². The number of anilines is 3. The summed E-state index contributed by atoms with van der Waals surface area (Å²) in [5.41, 5.74) is 8.21. The number of nitrogens with zero attached hydrogens (tertiary/aromatic N) is 4. The third-order valence-corrected chi connectivity index (χ3v) is 6.46. The third kappa shape index (κ3) is 4.86. The Kier molecular flexibility index (Phi) is 5.71. The molecule has 5 rings (SSSR count). The van der Waals surface area contributed by atoms with E-state index in [0.29, 0.717) is 28.7 Å². The van der Waals surface area contributed by atoms with Gasteiger partial charge in [-0.25, -0.2) is 9.50 Å². The monoisotopic (exact) mass is 451 g/mol. The first-order chi connectivity index (χ1) is 15.5. The number of fused-ring (bicyclic) bond motifs is 1. The van der Waals surface area contributed by atoms with Crippen molar-refractivity contribution in [1.82, 2.24) is 19.5 Å². The summed E-state index contributed by atoms with van der Waals surface area (Å²) in [5.74, 6) is 0.556. The van der Waals surface area contributed by atoms with E-state index < -0.39 is 0 Å². The van der Waals surface area contributed by atoms with Crippen molar-refractivity contribution in [2.75, 3.05) is 36.0 Å². The van der Waals surface area contributed by atoms with Crippen molar-refractivity contribution in [3.05, 3.63) is 36.5 Å². The van der Waals surface area contributed by atoms with Crippen molar-refractivity contribution in [3.63, 3.8) is 0 Å². The van der Waals surface area contributed by atoms with E-state index in [1.54, 1.807) is 16.8 Å². The SMILES string of the molecule is Nc1nc(Sc2ccc(NC(=O)C3CC3)cc2)nn2cc(NC(=O)CN3CCCC3)cc12. The quantitative estimate of drug-likeness (QED) is 0.505. The van der Waals surface area contributed by atoms with E-state index in [0.717, 1.165) is 49.4 Å². The van der Waals surface area contributed by atoms with Gasteiger partial charge in [0, 0.05) is 16.5 Å². The lowest BCUT2D eigenvalue weighted by atomic mass is 10.3.